The van der Waals surface area contributed by atoms with Crippen LogP contribution in [0, 0.1) is 0 Å². The van der Waals surface area contributed by atoms with Crippen LogP contribution in [0.25, 0.3) is 11.0 Å². The van der Waals surface area contributed by atoms with E-state index in [1.165, 1.54) is 0 Å². The van der Waals surface area contributed by atoms with E-state index in [0.717, 1.165) is 17.6 Å². The fourth-order valence-corrected chi connectivity index (χ4v) is 3.50. The lowest BCUT2D eigenvalue weighted by Crippen LogP contribution is -2.53. The van der Waals surface area contributed by atoms with Gasteiger partial charge in [0.1, 0.15) is 17.6 Å². The third kappa shape index (κ3) is 3.30. The maximum absolute atomic E-state index is 12.9. The highest BCUT2D eigenvalue weighted by Gasteiger charge is 2.32. The molecule has 1 N–H and O–H groups in total. The Balaban J connectivity index is 1.45. The van der Waals surface area contributed by atoms with Gasteiger partial charge in [-0.25, -0.2) is 4.68 Å². The summed E-state index contributed by atoms with van der Waals surface area (Å²) >= 11 is 0. The number of hydrogen-bond acceptors (Lipinski definition) is 5. The molecule has 8 nitrogen and oxygen atoms in total. The van der Waals surface area contributed by atoms with E-state index in [-0.39, 0.29) is 18.2 Å². The second-order valence-electron chi connectivity index (χ2n) is 6.56. The van der Waals surface area contributed by atoms with Crippen LogP contribution in [-0.2, 0) is 22.6 Å². The molecule has 27 heavy (non-hydrogen) atoms. The molecule has 1 aliphatic rings. The fourth-order valence-electron chi connectivity index (χ4n) is 3.50. The van der Waals surface area contributed by atoms with Gasteiger partial charge < -0.3 is 9.84 Å². The number of rotatable bonds is 5. The van der Waals surface area contributed by atoms with Crippen molar-refractivity contribution in [2.24, 2.45) is 0 Å². The van der Waals surface area contributed by atoms with E-state index in [0.29, 0.717) is 30.8 Å². The number of nitrogens with zero attached hydrogens (tertiary/aromatic N) is 4. The Hall–Kier alpha value is -3.16. The summed E-state index contributed by atoms with van der Waals surface area (Å²) in [5.41, 5.74) is 1.22. The Morgan fingerprint density at radius 2 is 2.19 bits per heavy atom. The first-order chi connectivity index (χ1) is 13.2. The molecular formula is C19H21N5O3. The number of anilines is 1. The average Bonchev–Trinajstić information content (AvgIpc) is 3.31. The molecule has 3 aromatic rings. The van der Waals surface area contributed by atoms with Gasteiger partial charge in [0, 0.05) is 24.5 Å². The lowest BCUT2D eigenvalue weighted by Gasteiger charge is -2.32. The second kappa shape index (κ2) is 7.22. The van der Waals surface area contributed by atoms with E-state index in [9.17, 15) is 9.59 Å². The van der Waals surface area contributed by atoms with Gasteiger partial charge in [0.05, 0.1) is 12.6 Å². The zero-order chi connectivity index (χ0) is 18.8. The van der Waals surface area contributed by atoms with Crippen LogP contribution < -0.4 is 10.2 Å². The lowest BCUT2D eigenvalue weighted by atomic mass is 10.0. The molecule has 1 unspecified atom stereocenters. The Morgan fingerprint density at radius 1 is 1.33 bits per heavy atom. The SMILES string of the molecule is CCn1nccc1N1CCCC(NC(=O)Cc2noc3ccccc23)C1=O. The molecule has 140 valence electrons. The number of para-hydroxylation sites is 1. The molecule has 3 heterocycles. The molecule has 0 aliphatic carbocycles. The van der Waals surface area contributed by atoms with E-state index in [1.807, 2.05) is 37.3 Å². The van der Waals surface area contributed by atoms with Crippen molar-refractivity contribution in [1.29, 1.82) is 0 Å². The Bertz CT molecular complexity index is 977. The molecule has 8 heteroatoms. The zero-order valence-electron chi connectivity index (χ0n) is 15.1. The Morgan fingerprint density at radius 3 is 3.04 bits per heavy atom. The standard InChI is InChI=1S/C19H21N5O3/c1-2-24-18(9-10-20-24)23-11-5-7-14(19(23)26)21-17(25)12-15-13-6-3-4-8-16(13)27-22-15/h3-4,6,8-10,14H,2,5,7,11-12H2,1H3,(H,21,25). The number of carbonyl (C=O) groups is 2. The maximum Gasteiger partial charge on any atom is 0.250 e. The van der Waals surface area contributed by atoms with Crippen LogP contribution in [-0.4, -0.2) is 39.3 Å². The van der Waals surface area contributed by atoms with E-state index in [4.69, 9.17) is 4.52 Å². The van der Waals surface area contributed by atoms with Gasteiger partial charge in [0.25, 0.3) is 5.91 Å². The number of hydrogen-bond donors (Lipinski definition) is 1. The molecule has 1 atom stereocenters. The first-order valence-electron chi connectivity index (χ1n) is 9.13. The topological polar surface area (TPSA) is 93.3 Å². The third-order valence-electron chi connectivity index (χ3n) is 4.82. The molecule has 0 radical (unpaired) electrons. The minimum atomic E-state index is -0.537. The number of benzene rings is 1. The van der Waals surface area contributed by atoms with Crippen molar-refractivity contribution in [2.45, 2.75) is 38.8 Å². The highest BCUT2D eigenvalue weighted by atomic mass is 16.5. The van der Waals surface area contributed by atoms with Crippen molar-refractivity contribution >= 4 is 28.6 Å². The van der Waals surface area contributed by atoms with E-state index < -0.39 is 6.04 Å². The highest BCUT2D eigenvalue weighted by molar-refractivity contribution is 5.99. The summed E-state index contributed by atoms with van der Waals surface area (Å²) in [5, 5.41) is 11.9. The van der Waals surface area contributed by atoms with Gasteiger partial charge in [-0.05, 0) is 31.9 Å². The van der Waals surface area contributed by atoms with E-state index in [2.05, 4.69) is 15.6 Å². The number of nitrogens with one attached hydrogen (secondary N) is 1. The van der Waals surface area contributed by atoms with E-state index >= 15 is 0 Å². The quantitative estimate of drug-likeness (QED) is 0.743. The predicted octanol–water partition coefficient (Wildman–Crippen LogP) is 1.90. The number of aromatic nitrogens is 3. The zero-order valence-corrected chi connectivity index (χ0v) is 15.1. The van der Waals surface area contributed by atoms with Gasteiger partial charge >= 0.3 is 0 Å². The summed E-state index contributed by atoms with van der Waals surface area (Å²) in [5.74, 6) is 0.428. The van der Waals surface area contributed by atoms with Gasteiger partial charge in [-0.1, -0.05) is 17.3 Å². The summed E-state index contributed by atoms with van der Waals surface area (Å²) in [6.07, 6.45) is 3.21. The molecule has 2 aromatic heterocycles. The monoisotopic (exact) mass is 367 g/mol. The number of amides is 2. The molecule has 1 aliphatic heterocycles. The van der Waals surface area contributed by atoms with Gasteiger partial charge in [-0.3, -0.25) is 14.5 Å². The van der Waals surface area contributed by atoms with Crippen LogP contribution in [0.5, 0.6) is 0 Å². The largest absolute Gasteiger partial charge is 0.356 e. The van der Waals surface area contributed by atoms with Crippen LogP contribution >= 0.6 is 0 Å². The second-order valence-corrected chi connectivity index (χ2v) is 6.56. The molecule has 1 fully saturated rings. The van der Waals surface area contributed by atoms with Gasteiger partial charge in [-0.2, -0.15) is 5.10 Å². The van der Waals surface area contributed by atoms with Crippen LogP contribution in [0.15, 0.2) is 41.1 Å². The number of piperidine rings is 1. The molecule has 0 spiro atoms. The number of fused-ring (bicyclic) bond motifs is 1. The van der Waals surface area contributed by atoms with Crippen molar-refractivity contribution in [1.82, 2.24) is 20.3 Å². The van der Waals surface area contributed by atoms with Crippen molar-refractivity contribution < 1.29 is 14.1 Å². The third-order valence-corrected chi connectivity index (χ3v) is 4.82. The van der Waals surface area contributed by atoms with Crippen LogP contribution in [0.4, 0.5) is 5.82 Å². The van der Waals surface area contributed by atoms with Crippen molar-refractivity contribution in [3.8, 4) is 0 Å². The Kier molecular flexibility index (Phi) is 4.62. The lowest BCUT2D eigenvalue weighted by molar-refractivity contribution is -0.128. The molecule has 1 saturated heterocycles. The molecule has 0 saturated carbocycles. The Labute approximate surface area is 156 Å². The van der Waals surface area contributed by atoms with Crippen molar-refractivity contribution in [3.63, 3.8) is 0 Å². The van der Waals surface area contributed by atoms with Gasteiger partial charge in [-0.15, -0.1) is 0 Å². The number of carbonyl (C=O) groups excluding carboxylic acids is 2. The summed E-state index contributed by atoms with van der Waals surface area (Å²) in [4.78, 5) is 27.1. The first-order valence-corrected chi connectivity index (χ1v) is 9.13. The minimum Gasteiger partial charge on any atom is -0.356 e. The van der Waals surface area contributed by atoms with Gasteiger partial charge in [0.2, 0.25) is 5.91 Å². The van der Waals surface area contributed by atoms with Gasteiger partial charge in [0.15, 0.2) is 5.58 Å². The smallest absolute Gasteiger partial charge is 0.250 e. The normalized spacial score (nSPS) is 17.4. The minimum absolute atomic E-state index is 0.0771. The van der Waals surface area contributed by atoms with Crippen molar-refractivity contribution in [2.75, 3.05) is 11.4 Å². The molecule has 1 aromatic carbocycles. The van der Waals surface area contributed by atoms with E-state index in [1.54, 1.807) is 15.8 Å². The fraction of sp³-hybridized carbons (Fsp3) is 0.368. The maximum atomic E-state index is 12.9. The summed E-state index contributed by atoms with van der Waals surface area (Å²) in [7, 11) is 0. The first kappa shape index (κ1) is 17.3. The number of aryl methyl sites for hydroxylation is 1. The summed E-state index contributed by atoms with van der Waals surface area (Å²) in [6.45, 7) is 3.29. The molecule has 0 bridgehead atoms. The summed E-state index contributed by atoms with van der Waals surface area (Å²) in [6, 6.07) is 8.70. The highest BCUT2D eigenvalue weighted by Crippen LogP contribution is 2.22. The molecule has 2 amide bonds. The predicted molar refractivity (Wildman–Crippen MR) is 99.1 cm³/mol. The van der Waals surface area contributed by atoms with Crippen LogP contribution in [0.3, 0.4) is 0 Å². The summed E-state index contributed by atoms with van der Waals surface area (Å²) < 4.78 is 7.02. The van der Waals surface area contributed by atoms with Crippen molar-refractivity contribution in [3.05, 3.63) is 42.2 Å². The average molecular weight is 367 g/mol. The van der Waals surface area contributed by atoms with Crippen LogP contribution in [0.1, 0.15) is 25.5 Å². The van der Waals surface area contributed by atoms with Crippen LogP contribution in [0.2, 0.25) is 0 Å². The molecule has 4 rings (SSSR count). The molecular weight excluding hydrogens is 346 g/mol.